The third kappa shape index (κ3) is 6.62. The van der Waals surface area contributed by atoms with Crippen LogP contribution in [0.15, 0.2) is 49.2 Å². The Morgan fingerprint density at radius 2 is 2.02 bits per heavy atom. The molecule has 1 aliphatic heterocycles. The Morgan fingerprint density at radius 1 is 1.22 bits per heavy atom. The zero-order valence-corrected chi connectivity index (χ0v) is 27.6. The van der Waals surface area contributed by atoms with E-state index in [9.17, 15) is 10.1 Å². The molecule has 0 unspecified atom stereocenters. The van der Waals surface area contributed by atoms with Crippen molar-refractivity contribution in [3.05, 3.63) is 60.6 Å². The number of amides is 1. The van der Waals surface area contributed by atoms with Crippen molar-refractivity contribution in [2.24, 2.45) is 5.92 Å². The van der Waals surface area contributed by atoms with Gasteiger partial charge in [-0.1, -0.05) is 19.3 Å². The standard InChI is InChI=1S/C34H41FN8O2S/c1-24(25-7-5-4-6-8-25)40-33(44)28-10-9-27(17-30(28)35)42-20-34(21-42,12-13-36)43-19-26(18-39-43)31-29-11-14-41(32(29)38-22-37-31)23-45-15-16-46(2)3/h9-11,14,17-19,22,24-25H,4-8,12,15-16,20-21,23H2,1-3H3/p+1/t24-/m0/s1. The van der Waals surface area contributed by atoms with Gasteiger partial charge in [0.25, 0.3) is 5.91 Å². The first-order chi connectivity index (χ1) is 22.3. The number of rotatable bonds is 12. The van der Waals surface area contributed by atoms with Crippen molar-refractivity contribution in [1.29, 1.82) is 5.26 Å². The summed E-state index contributed by atoms with van der Waals surface area (Å²) in [6, 6.07) is 9.08. The highest BCUT2D eigenvalue weighted by Crippen LogP contribution is 2.38. The Labute approximate surface area is 272 Å². The second-order valence-corrected chi connectivity index (χ2v) is 15.3. The molecule has 2 aliphatic rings. The van der Waals surface area contributed by atoms with Crippen LogP contribution in [0.4, 0.5) is 10.1 Å². The van der Waals surface area contributed by atoms with Crippen LogP contribution in [-0.4, -0.2) is 74.2 Å². The molecular weight excluding hydrogens is 603 g/mol. The minimum atomic E-state index is -0.571. The molecule has 4 aromatic rings. The molecule has 0 bridgehead atoms. The smallest absolute Gasteiger partial charge is 0.254 e. The molecule has 1 atom stereocenters. The van der Waals surface area contributed by atoms with Gasteiger partial charge in [0.05, 0.1) is 49.1 Å². The molecule has 2 fully saturated rings. The molecule has 0 spiro atoms. The van der Waals surface area contributed by atoms with Gasteiger partial charge in [0.1, 0.15) is 35.8 Å². The van der Waals surface area contributed by atoms with Gasteiger partial charge < -0.3 is 19.5 Å². The number of anilines is 1. The second kappa shape index (κ2) is 13.8. The Morgan fingerprint density at radius 3 is 2.76 bits per heavy atom. The summed E-state index contributed by atoms with van der Waals surface area (Å²) >= 11 is 0. The number of carbonyl (C=O) groups excluding carboxylic acids is 1. The van der Waals surface area contributed by atoms with E-state index in [2.05, 4.69) is 39.0 Å². The number of carbonyl (C=O) groups is 1. The molecule has 1 aromatic carbocycles. The number of nitriles is 1. The first-order valence-electron chi connectivity index (χ1n) is 16.0. The van der Waals surface area contributed by atoms with Gasteiger partial charge in [-0.05, 0) is 60.8 Å². The molecule has 12 heteroatoms. The van der Waals surface area contributed by atoms with Crippen molar-refractivity contribution >= 4 is 33.5 Å². The highest BCUT2D eigenvalue weighted by molar-refractivity contribution is 7.95. The lowest BCUT2D eigenvalue weighted by Gasteiger charge is -2.50. The molecule has 3 aromatic heterocycles. The minimum Gasteiger partial charge on any atom is -0.366 e. The van der Waals surface area contributed by atoms with Crippen molar-refractivity contribution in [3.63, 3.8) is 0 Å². The average Bonchev–Trinajstić information content (AvgIpc) is 3.69. The van der Waals surface area contributed by atoms with Crippen LogP contribution in [0.5, 0.6) is 0 Å². The second-order valence-electron chi connectivity index (χ2n) is 12.9. The van der Waals surface area contributed by atoms with E-state index in [4.69, 9.17) is 4.74 Å². The fourth-order valence-corrected chi connectivity index (χ4v) is 7.14. The SMILES string of the molecule is C[C@H](NC(=O)c1ccc(N2CC(CC#N)(n3cc(-c4ncnc5c4ccn5COCC[S+](C)C)cn3)C2)cc1F)C1CCCCC1. The average molecular weight is 646 g/mol. The number of nitrogens with one attached hydrogen (secondary N) is 1. The predicted molar refractivity (Wildman–Crippen MR) is 179 cm³/mol. The Bertz CT molecular complexity index is 1720. The third-order valence-electron chi connectivity index (χ3n) is 9.42. The van der Waals surface area contributed by atoms with E-state index in [1.807, 2.05) is 39.5 Å². The van der Waals surface area contributed by atoms with Crippen molar-refractivity contribution in [1.82, 2.24) is 29.6 Å². The summed E-state index contributed by atoms with van der Waals surface area (Å²) in [5.41, 5.74) is 2.53. The Hall–Kier alpha value is -3.95. The van der Waals surface area contributed by atoms with Gasteiger partial charge in [0.15, 0.2) is 0 Å². The van der Waals surface area contributed by atoms with E-state index >= 15 is 4.39 Å². The summed E-state index contributed by atoms with van der Waals surface area (Å²) in [5.74, 6) is 0.549. The molecule has 6 rings (SSSR count). The lowest BCUT2D eigenvalue weighted by molar-refractivity contribution is 0.0914. The predicted octanol–water partition coefficient (Wildman–Crippen LogP) is 5.11. The van der Waals surface area contributed by atoms with Crippen LogP contribution >= 0.6 is 0 Å². The summed E-state index contributed by atoms with van der Waals surface area (Å²) in [7, 11) is 0.334. The molecule has 10 nitrogen and oxygen atoms in total. The molecule has 1 saturated carbocycles. The molecule has 1 aliphatic carbocycles. The number of halogens is 1. The van der Waals surface area contributed by atoms with E-state index in [0.29, 0.717) is 48.9 Å². The van der Waals surface area contributed by atoms with E-state index < -0.39 is 11.4 Å². The highest BCUT2D eigenvalue weighted by Gasteiger charge is 2.46. The van der Waals surface area contributed by atoms with E-state index in [1.165, 1.54) is 25.3 Å². The van der Waals surface area contributed by atoms with Crippen molar-refractivity contribution in [2.45, 2.75) is 63.8 Å². The number of aromatic nitrogens is 5. The number of benzene rings is 1. The zero-order chi connectivity index (χ0) is 32.3. The maximum Gasteiger partial charge on any atom is 0.254 e. The number of nitrogens with zero attached hydrogens (tertiary/aromatic N) is 7. The van der Waals surface area contributed by atoms with E-state index in [-0.39, 0.29) is 23.9 Å². The lowest BCUT2D eigenvalue weighted by Crippen LogP contribution is -2.63. The van der Waals surface area contributed by atoms with Crippen LogP contribution < -0.4 is 10.2 Å². The largest absolute Gasteiger partial charge is 0.366 e. The number of hydrogen-bond acceptors (Lipinski definition) is 7. The van der Waals surface area contributed by atoms with E-state index in [1.54, 1.807) is 24.7 Å². The monoisotopic (exact) mass is 645 g/mol. The van der Waals surface area contributed by atoms with Crippen molar-refractivity contribution < 1.29 is 13.9 Å². The topological polar surface area (TPSA) is 114 Å². The van der Waals surface area contributed by atoms with Gasteiger partial charge in [-0.2, -0.15) is 10.4 Å². The summed E-state index contributed by atoms with van der Waals surface area (Å²) in [6.07, 6.45) is 17.7. The number of fused-ring (bicyclic) bond motifs is 1. The number of ether oxygens (including phenoxy) is 1. The molecule has 1 amide bonds. The van der Waals surface area contributed by atoms with Gasteiger partial charge in [0.2, 0.25) is 0 Å². The zero-order valence-electron chi connectivity index (χ0n) is 26.8. The quantitative estimate of drug-likeness (QED) is 0.168. The van der Waals surface area contributed by atoms with Crippen LogP contribution in [0, 0.1) is 23.1 Å². The molecule has 0 radical (unpaired) electrons. The fraction of sp³-hybridized carbons (Fsp3) is 0.500. The molecule has 242 valence electrons. The summed E-state index contributed by atoms with van der Waals surface area (Å²) < 4.78 is 24.9. The van der Waals surface area contributed by atoms with Gasteiger partial charge >= 0.3 is 0 Å². The Kier molecular flexibility index (Phi) is 9.61. The van der Waals surface area contributed by atoms with Crippen molar-refractivity contribution in [3.8, 4) is 17.3 Å². The van der Waals surface area contributed by atoms with Crippen LogP contribution in [0.3, 0.4) is 0 Å². The van der Waals surface area contributed by atoms with Crippen LogP contribution in [0.25, 0.3) is 22.3 Å². The normalized spacial score (nSPS) is 17.2. The fourth-order valence-electron chi connectivity index (χ4n) is 6.68. The maximum atomic E-state index is 15.2. The maximum absolute atomic E-state index is 15.2. The molecule has 4 heterocycles. The highest BCUT2D eigenvalue weighted by atomic mass is 32.2. The molecule has 1 saturated heterocycles. The number of hydrogen-bond donors (Lipinski definition) is 1. The summed E-state index contributed by atoms with van der Waals surface area (Å²) in [4.78, 5) is 24.0. The van der Waals surface area contributed by atoms with Gasteiger partial charge in [-0.3, -0.25) is 9.48 Å². The molecular formula is C34H42FN8O2S+. The van der Waals surface area contributed by atoms with Crippen molar-refractivity contribution in [2.75, 3.05) is 42.9 Å². The molecule has 46 heavy (non-hydrogen) atoms. The van der Waals surface area contributed by atoms with Gasteiger partial charge in [-0.15, -0.1) is 0 Å². The third-order valence-corrected chi connectivity index (χ3v) is 10.4. The first-order valence-corrected chi connectivity index (χ1v) is 18.2. The summed E-state index contributed by atoms with van der Waals surface area (Å²) in [6.45, 7) is 4.10. The summed E-state index contributed by atoms with van der Waals surface area (Å²) in [5, 5.41) is 18.3. The Balaban J connectivity index is 1.13. The molecule has 1 N–H and O–H groups in total. The van der Waals surface area contributed by atoms with Gasteiger partial charge in [-0.25, -0.2) is 14.4 Å². The minimum absolute atomic E-state index is 0.0139. The first kappa shape index (κ1) is 32.0. The lowest BCUT2D eigenvalue weighted by atomic mass is 9.84. The van der Waals surface area contributed by atoms with Crippen LogP contribution in [0.2, 0.25) is 0 Å². The van der Waals surface area contributed by atoms with E-state index in [0.717, 1.165) is 40.9 Å². The van der Waals surface area contributed by atoms with Gasteiger partial charge in [0, 0.05) is 48.2 Å². The van der Waals surface area contributed by atoms with Crippen LogP contribution in [-0.2, 0) is 27.9 Å². The van der Waals surface area contributed by atoms with Crippen LogP contribution in [0.1, 0.15) is 55.8 Å².